The first-order valence-electron chi connectivity index (χ1n) is 21.2. The van der Waals surface area contributed by atoms with E-state index in [-0.39, 0.29) is 43.2 Å². The smallest absolute Gasteiger partial charge is 0.408 e. The van der Waals surface area contributed by atoms with Gasteiger partial charge in [0.2, 0.25) is 11.8 Å². The molecule has 332 valence electrons. The number of alkyl carbamates (subject to hydrolysis) is 2. The quantitative estimate of drug-likeness (QED) is 0.112. The van der Waals surface area contributed by atoms with Gasteiger partial charge in [-0.05, 0) is 120 Å². The van der Waals surface area contributed by atoms with Gasteiger partial charge in [0.25, 0.3) is 5.56 Å². The third kappa shape index (κ3) is 7.76. The maximum absolute atomic E-state index is 15.4. The highest BCUT2D eigenvalue weighted by atomic mass is 19.1. The van der Waals surface area contributed by atoms with Crippen LogP contribution in [0.4, 0.5) is 19.7 Å². The fourth-order valence-electron chi connectivity index (χ4n) is 9.29. The number of anilines is 1. The number of benzene rings is 2. The summed E-state index contributed by atoms with van der Waals surface area (Å²) in [4.78, 5) is 85.6. The molecule has 8 rings (SSSR count). The third-order valence-corrected chi connectivity index (χ3v) is 12.6. The Morgan fingerprint density at radius 2 is 1.83 bits per heavy atom. The number of esters is 1. The number of aromatic nitrogens is 2. The van der Waals surface area contributed by atoms with Crippen molar-refractivity contribution in [1.82, 2.24) is 25.1 Å². The minimum Gasteiger partial charge on any atom is -0.458 e. The van der Waals surface area contributed by atoms with E-state index in [9.17, 15) is 33.9 Å². The maximum atomic E-state index is 15.4. The number of carbonyl (C=O) groups excluding carboxylic acids is 5. The topological polar surface area (TPSA) is 207 Å². The van der Waals surface area contributed by atoms with Crippen molar-refractivity contribution in [3.63, 3.8) is 0 Å². The van der Waals surface area contributed by atoms with Crippen LogP contribution in [0.1, 0.15) is 111 Å². The van der Waals surface area contributed by atoms with Crippen LogP contribution in [0, 0.1) is 19.7 Å². The van der Waals surface area contributed by atoms with Crippen molar-refractivity contribution in [1.29, 1.82) is 0 Å². The van der Waals surface area contributed by atoms with Gasteiger partial charge >= 0.3 is 18.2 Å². The summed E-state index contributed by atoms with van der Waals surface area (Å²) in [6, 6.07) is 5.90. The van der Waals surface area contributed by atoms with Crippen LogP contribution in [0.3, 0.4) is 0 Å². The van der Waals surface area contributed by atoms with Crippen LogP contribution in [-0.4, -0.2) is 73.8 Å². The number of pyridine rings is 2. The molecular weight excluding hydrogens is 816 g/mol. The zero-order valence-corrected chi connectivity index (χ0v) is 36.3. The first-order chi connectivity index (χ1) is 29.8. The Kier molecular flexibility index (Phi) is 11.1. The van der Waals surface area contributed by atoms with Crippen molar-refractivity contribution in [2.45, 2.75) is 130 Å². The van der Waals surface area contributed by atoms with Gasteiger partial charge in [0.05, 0.1) is 35.1 Å². The Morgan fingerprint density at radius 3 is 2.54 bits per heavy atom. The summed E-state index contributed by atoms with van der Waals surface area (Å²) >= 11 is 0. The van der Waals surface area contributed by atoms with Gasteiger partial charge in [0.1, 0.15) is 36.7 Å². The van der Waals surface area contributed by atoms with Crippen LogP contribution in [0.5, 0.6) is 0 Å². The lowest BCUT2D eigenvalue weighted by molar-refractivity contribution is -0.172. The highest BCUT2D eigenvalue weighted by molar-refractivity contribution is 5.99. The predicted molar refractivity (Wildman–Crippen MR) is 227 cm³/mol. The normalized spacial score (nSPS) is 20.3. The van der Waals surface area contributed by atoms with E-state index in [1.165, 1.54) is 15.5 Å². The Morgan fingerprint density at radius 1 is 1.06 bits per heavy atom. The molecule has 0 spiro atoms. The largest absolute Gasteiger partial charge is 0.458 e. The molecule has 1 saturated heterocycles. The Balaban J connectivity index is 0.973. The molecule has 0 saturated carbocycles. The number of hydrogen-bond donors (Lipinski definition) is 4. The van der Waals surface area contributed by atoms with Gasteiger partial charge in [-0.2, -0.15) is 0 Å². The van der Waals surface area contributed by atoms with Crippen LogP contribution in [0.25, 0.3) is 22.3 Å². The predicted octanol–water partition coefficient (Wildman–Crippen LogP) is 5.59. The number of ether oxygens (including phenoxy) is 3. The van der Waals surface area contributed by atoms with Crippen molar-refractivity contribution in [3.05, 3.63) is 91.0 Å². The molecule has 4 N–H and O–H groups in total. The second-order valence-electron chi connectivity index (χ2n) is 17.8. The lowest BCUT2D eigenvalue weighted by Crippen LogP contribution is -2.52. The number of fused-ring (bicyclic) bond motifs is 5. The average Bonchev–Trinajstić information content (AvgIpc) is 3.86. The van der Waals surface area contributed by atoms with Gasteiger partial charge in [-0.15, -0.1) is 0 Å². The molecule has 16 nitrogen and oxygen atoms in total. The number of carbonyl (C=O) groups is 5. The van der Waals surface area contributed by atoms with E-state index < -0.39 is 64.8 Å². The molecule has 0 radical (unpaired) electrons. The number of hydrogen-bond acceptors (Lipinski definition) is 11. The molecular formula is C46H51FN6O10. The van der Waals surface area contributed by atoms with Crippen molar-refractivity contribution in [2.24, 2.45) is 0 Å². The summed E-state index contributed by atoms with van der Waals surface area (Å²) in [5.74, 6) is -2.02. The molecule has 2 aromatic heterocycles. The monoisotopic (exact) mass is 866 g/mol. The standard InChI is InChI=1S/C46H51FN6O10/c1-8-46(60)30-17-35-38-28(19-53(35)41(56)29(30)21-61-42(46)57)37-32(14-13-27-23(3)31(47)18-33(50-38)36(27)37)51-43(58)62-20-25-11-12-26(16-22(25)2)49-39(54)34-10-9-15-52(34)40(55)24(4)48-44(59)63-45(5,6)7/h11-12,16-18,24,32,34,60H,8-10,13-15,19-21H2,1-7H3,(H,48,59)(H,49,54)(H,51,58)/t24-,32+,34+,46+/m1/s1. The summed E-state index contributed by atoms with van der Waals surface area (Å²) in [6.45, 7) is 12.0. The number of nitrogens with one attached hydrogen (secondary N) is 3. The lowest BCUT2D eigenvalue weighted by atomic mass is 9.81. The number of likely N-dealkylation sites (tertiary alicyclic amines) is 1. The van der Waals surface area contributed by atoms with E-state index in [1.807, 2.05) is 6.92 Å². The fourth-order valence-corrected chi connectivity index (χ4v) is 9.29. The molecule has 0 bridgehead atoms. The first-order valence-corrected chi connectivity index (χ1v) is 21.2. The molecule has 4 amide bonds. The highest BCUT2D eigenvalue weighted by Crippen LogP contribution is 2.46. The maximum Gasteiger partial charge on any atom is 0.408 e. The highest BCUT2D eigenvalue weighted by Gasteiger charge is 2.46. The van der Waals surface area contributed by atoms with Gasteiger partial charge in [-0.3, -0.25) is 14.4 Å². The first kappa shape index (κ1) is 43.3. The molecule has 4 aromatic rings. The Labute approximate surface area is 362 Å². The minimum atomic E-state index is -2.02. The van der Waals surface area contributed by atoms with Crippen molar-refractivity contribution >= 4 is 46.6 Å². The summed E-state index contributed by atoms with van der Waals surface area (Å²) in [6.07, 6.45) is 0.499. The number of rotatable bonds is 8. The number of cyclic esters (lactones) is 1. The molecule has 4 aliphatic rings. The van der Waals surface area contributed by atoms with E-state index >= 15 is 4.39 Å². The molecule has 5 heterocycles. The number of nitrogens with zero attached hydrogens (tertiary/aromatic N) is 3. The SMILES string of the molecule is CC[C@@]1(O)C(=O)OCc2c1cc1n(c2=O)Cc2c-1nc1cc(F)c(C)c3c1c2[C@@H](NC(=O)OCc1ccc(NC(=O)[C@@H]2CCCN2C(=O)[C@@H](C)NC(=O)OC(C)(C)C)cc1C)CC3. The molecule has 3 aliphatic heterocycles. The molecule has 2 aromatic carbocycles. The van der Waals surface area contributed by atoms with Gasteiger partial charge in [0, 0.05) is 34.8 Å². The average molecular weight is 867 g/mol. The number of aliphatic hydroxyl groups is 1. The third-order valence-electron chi connectivity index (χ3n) is 12.6. The van der Waals surface area contributed by atoms with Crippen molar-refractivity contribution < 1.29 is 47.7 Å². The number of halogens is 1. The van der Waals surface area contributed by atoms with E-state index in [0.29, 0.717) is 82.5 Å². The zero-order valence-electron chi connectivity index (χ0n) is 36.3. The van der Waals surface area contributed by atoms with Crippen LogP contribution in [0.2, 0.25) is 0 Å². The second kappa shape index (κ2) is 16.1. The van der Waals surface area contributed by atoms with Gasteiger partial charge in [0.15, 0.2) is 5.60 Å². The Hall–Kier alpha value is -6.36. The van der Waals surface area contributed by atoms with Gasteiger partial charge in [-0.1, -0.05) is 13.0 Å². The fraction of sp³-hybridized carbons (Fsp3) is 0.457. The molecule has 1 aliphatic carbocycles. The summed E-state index contributed by atoms with van der Waals surface area (Å²) in [7, 11) is 0. The molecule has 63 heavy (non-hydrogen) atoms. The molecule has 1 fully saturated rings. The summed E-state index contributed by atoms with van der Waals surface area (Å²) in [5, 5.41) is 20.5. The zero-order chi connectivity index (χ0) is 45.3. The minimum absolute atomic E-state index is 0.0196. The van der Waals surface area contributed by atoms with Crippen molar-refractivity contribution in [3.8, 4) is 11.4 Å². The number of amides is 4. The van der Waals surface area contributed by atoms with Crippen LogP contribution < -0.4 is 21.5 Å². The Bertz CT molecular complexity index is 2690. The van der Waals surface area contributed by atoms with E-state index in [0.717, 1.165) is 11.1 Å². The van der Waals surface area contributed by atoms with Crippen molar-refractivity contribution in [2.75, 3.05) is 11.9 Å². The summed E-state index contributed by atoms with van der Waals surface area (Å²) < 4.78 is 33.1. The number of aryl methyl sites for hydroxylation is 2. The van der Waals surface area contributed by atoms with Crippen LogP contribution >= 0.6 is 0 Å². The van der Waals surface area contributed by atoms with E-state index in [2.05, 4.69) is 16.0 Å². The molecule has 17 heteroatoms. The van der Waals surface area contributed by atoms with Gasteiger partial charge in [-0.25, -0.2) is 23.8 Å². The molecule has 4 atom stereocenters. The summed E-state index contributed by atoms with van der Waals surface area (Å²) in [5.41, 5.74) is 2.78. The second-order valence-corrected chi connectivity index (χ2v) is 17.8. The van der Waals surface area contributed by atoms with E-state index in [4.69, 9.17) is 19.2 Å². The van der Waals surface area contributed by atoms with Gasteiger partial charge < -0.3 is 44.7 Å². The lowest BCUT2D eigenvalue weighted by Gasteiger charge is -2.31. The van der Waals surface area contributed by atoms with Crippen LogP contribution in [-0.2, 0) is 60.4 Å². The van der Waals surface area contributed by atoms with Crippen LogP contribution in [0.15, 0.2) is 35.1 Å². The van der Waals surface area contributed by atoms with E-state index in [1.54, 1.807) is 65.8 Å². The molecule has 0 unspecified atom stereocenters.